The molecule has 0 rings (SSSR count). The average Bonchev–Trinajstić information content (AvgIpc) is 2.21. The third-order valence-electron chi connectivity index (χ3n) is 3.15. The van der Waals surface area contributed by atoms with E-state index in [0.717, 1.165) is 12.8 Å². The first-order valence-corrected chi connectivity index (χ1v) is 6.67. The van der Waals surface area contributed by atoms with Crippen molar-refractivity contribution in [2.75, 3.05) is 0 Å². The molecule has 0 aromatic rings. The van der Waals surface area contributed by atoms with Gasteiger partial charge < -0.3 is 4.74 Å². The van der Waals surface area contributed by atoms with Gasteiger partial charge in [-0.15, -0.1) is 0 Å². The van der Waals surface area contributed by atoms with Crippen molar-refractivity contribution in [1.29, 1.82) is 0 Å². The Morgan fingerprint density at radius 2 is 1.71 bits per heavy atom. The summed E-state index contributed by atoms with van der Waals surface area (Å²) in [6, 6.07) is 0. The Labute approximate surface area is 106 Å². The molecule has 0 aliphatic rings. The molecule has 100 valence electrons. The van der Waals surface area contributed by atoms with Crippen LogP contribution in [0.25, 0.3) is 0 Å². The molecule has 0 radical (unpaired) electrons. The summed E-state index contributed by atoms with van der Waals surface area (Å²) in [5, 5.41) is 0. The molecule has 0 heterocycles. The van der Waals surface area contributed by atoms with Crippen molar-refractivity contribution in [3.8, 4) is 0 Å². The van der Waals surface area contributed by atoms with Gasteiger partial charge in [0.2, 0.25) is 0 Å². The van der Waals surface area contributed by atoms with Gasteiger partial charge in [-0.1, -0.05) is 47.6 Å². The number of hydrogen-bond donors (Lipinski definition) is 0. The Balaban J connectivity index is 4.80. The summed E-state index contributed by atoms with van der Waals surface area (Å²) in [7, 11) is 0. The van der Waals surface area contributed by atoms with Crippen LogP contribution >= 0.6 is 0 Å². The summed E-state index contributed by atoms with van der Waals surface area (Å²) in [5.74, 6) is 1.05. The number of ether oxygens (including phenoxy) is 1. The molecule has 2 atom stereocenters. The zero-order chi connectivity index (χ0) is 13.6. The van der Waals surface area contributed by atoms with Crippen LogP contribution in [-0.2, 0) is 9.53 Å². The average molecular weight is 240 g/mol. The molecule has 2 nitrogen and oxygen atoms in total. The van der Waals surface area contributed by atoms with Crippen LogP contribution in [-0.4, -0.2) is 12.1 Å². The third kappa shape index (κ3) is 5.38. The summed E-state index contributed by atoms with van der Waals surface area (Å²) in [4.78, 5) is 11.7. The van der Waals surface area contributed by atoms with Crippen molar-refractivity contribution in [3.63, 3.8) is 0 Å². The fourth-order valence-corrected chi connectivity index (χ4v) is 2.15. The second kappa shape index (κ2) is 7.52. The van der Waals surface area contributed by atoms with Gasteiger partial charge in [-0.3, -0.25) is 0 Å². The van der Waals surface area contributed by atoms with Gasteiger partial charge in [0.15, 0.2) is 0 Å². The van der Waals surface area contributed by atoms with Crippen molar-refractivity contribution >= 4 is 5.97 Å². The summed E-state index contributed by atoms with van der Waals surface area (Å²) in [5.41, 5.74) is 0.481. The molecule has 0 bridgehead atoms. The highest BCUT2D eigenvalue weighted by Gasteiger charge is 2.29. The Morgan fingerprint density at radius 1 is 1.18 bits per heavy atom. The Hall–Kier alpha value is -0.790. The molecule has 0 aliphatic heterocycles. The van der Waals surface area contributed by atoms with E-state index in [9.17, 15) is 4.79 Å². The van der Waals surface area contributed by atoms with Gasteiger partial charge in [-0.2, -0.15) is 0 Å². The van der Waals surface area contributed by atoms with E-state index in [2.05, 4.69) is 41.2 Å². The quantitative estimate of drug-likeness (QED) is 0.492. The maximum Gasteiger partial charge on any atom is 0.333 e. The van der Waals surface area contributed by atoms with E-state index < -0.39 is 0 Å². The van der Waals surface area contributed by atoms with Crippen LogP contribution in [0.4, 0.5) is 0 Å². The predicted molar refractivity (Wildman–Crippen MR) is 72.8 cm³/mol. The van der Waals surface area contributed by atoms with Gasteiger partial charge in [-0.05, 0) is 31.1 Å². The second-order valence-electron chi connectivity index (χ2n) is 5.59. The normalized spacial score (nSPS) is 14.8. The van der Waals surface area contributed by atoms with Crippen LogP contribution in [0, 0.1) is 17.8 Å². The van der Waals surface area contributed by atoms with Gasteiger partial charge in [0.25, 0.3) is 0 Å². The molecular formula is C15H28O2. The molecule has 2 heteroatoms. The van der Waals surface area contributed by atoms with E-state index in [1.807, 2.05) is 0 Å². The molecule has 0 amide bonds. The van der Waals surface area contributed by atoms with Crippen LogP contribution in [0.1, 0.15) is 54.4 Å². The van der Waals surface area contributed by atoms with Crippen molar-refractivity contribution in [2.45, 2.75) is 60.5 Å². The number of carbonyl (C=O) groups is 1. The monoisotopic (exact) mass is 240 g/mol. The lowest BCUT2D eigenvalue weighted by atomic mass is 9.81. The van der Waals surface area contributed by atoms with E-state index in [-0.39, 0.29) is 12.1 Å². The number of carbonyl (C=O) groups excluding carboxylic acids is 1. The molecule has 0 aromatic carbocycles. The molecule has 0 saturated carbocycles. The van der Waals surface area contributed by atoms with Gasteiger partial charge >= 0.3 is 5.97 Å². The van der Waals surface area contributed by atoms with E-state index in [0.29, 0.717) is 23.3 Å². The topological polar surface area (TPSA) is 26.3 Å². The predicted octanol–water partition coefficient (Wildman–Crippen LogP) is 4.20. The lowest BCUT2D eigenvalue weighted by molar-refractivity contribution is -0.151. The fraction of sp³-hybridized carbons (Fsp3) is 0.800. The van der Waals surface area contributed by atoms with Crippen molar-refractivity contribution in [2.24, 2.45) is 17.8 Å². The maximum absolute atomic E-state index is 11.7. The molecule has 0 aliphatic carbocycles. The smallest absolute Gasteiger partial charge is 0.333 e. The van der Waals surface area contributed by atoms with E-state index in [4.69, 9.17) is 4.74 Å². The molecule has 0 saturated heterocycles. The second-order valence-corrected chi connectivity index (χ2v) is 5.59. The Kier molecular flexibility index (Phi) is 7.17. The van der Waals surface area contributed by atoms with Crippen molar-refractivity contribution in [1.82, 2.24) is 0 Å². The van der Waals surface area contributed by atoms with Crippen LogP contribution in [0.3, 0.4) is 0 Å². The maximum atomic E-state index is 11.7. The first-order valence-electron chi connectivity index (χ1n) is 6.67. The summed E-state index contributed by atoms with van der Waals surface area (Å²) >= 11 is 0. The van der Waals surface area contributed by atoms with Crippen LogP contribution in [0.2, 0.25) is 0 Å². The minimum Gasteiger partial charge on any atom is -0.458 e. The highest BCUT2D eigenvalue weighted by Crippen LogP contribution is 2.28. The number of rotatable bonds is 7. The highest BCUT2D eigenvalue weighted by atomic mass is 16.5. The molecule has 0 fully saturated rings. The summed E-state index contributed by atoms with van der Waals surface area (Å²) < 4.78 is 5.61. The van der Waals surface area contributed by atoms with Crippen LogP contribution in [0.5, 0.6) is 0 Å². The highest BCUT2D eigenvalue weighted by molar-refractivity contribution is 5.87. The zero-order valence-corrected chi connectivity index (χ0v) is 12.2. The molecule has 17 heavy (non-hydrogen) atoms. The minimum atomic E-state index is -0.259. The van der Waals surface area contributed by atoms with Crippen molar-refractivity contribution < 1.29 is 9.53 Å². The number of esters is 1. The fourth-order valence-electron chi connectivity index (χ4n) is 2.15. The largest absolute Gasteiger partial charge is 0.458 e. The van der Waals surface area contributed by atoms with E-state index >= 15 is 0 Å². The molecule has 2 unspecified atom stereocenters. The van der Waals surface area contributed by atoms with Gasteiger partial charge in [0.1, 0.15) is 6.10 Å². The first kappa shape index (κ1) is 16.2. The van der Waals surface area contributed by atoms with Crippen molar-refractivity contribution in [3.05, 3.63) is 12.2 Å². The van der Waals surface area contributed by atoms with E-state index in [1.165, 1.54) is 0 Å². The number of hydrogen-bond acceptors (Lipinski definition) is 2. The lowest BCUT2D eigenvalue weighted by Crippen LogP contribution is -2.34. The van der Waals surface area contributed by atoms with Crippen LogP contribution < -0.4 is 0 Å². The Morgan fingerprint density at radius 3 is 2.00 bits per heavy atom. The summed E-state index contributed by atoms with van der Waals surface area (Å²) in [6.45, 7) is 16.1. The first-order chi connectivity index (χ1) is 7.81. The third-order valence-corrected chi connectivity index (χ3v) is 3.15. The van der Waals surface area contributed by atoms with Gasteiger partial charge in [-0.25, -0.2) is 4.79 Å². The van der Waals surface area contributed by atoms with E-state index in [1.54, 1.807) is 6.92 Å². The zero-order valence-electron chi connectivity index (χ0n) is 12.2. The molecular weight excluding hydrogens is 212 g/mol. The molecule has 0 N–H and O–H groups in total. The standard InChI is InChI=1S/C15H28O2/c1-8-9-13(10(2)3)14(11(4)5)17-15(16)12(6)7/h10-11,13-14H,6,8-9H2,1-5,7H3. The molecule has 0 spiro atoms. The lowest BCUT2D eigenvalue weighted by Gasteiger charge is -2.32. The van der Waals surface area contributed by atoms with Crippen LogP contribution in [0.15, 0.2) is 12.2 Å². The minimum absolute atomic E-state index is 0.000787. The SMILES string of the molecule is C=C(C)C(=O)OC(C(C)C)C(CCC)C(C)C. The van der Waals surface area contributed by atoms with Gasteiger partial charge in [0, 0.05) is 5.57 Å². The molecule has 0 aromatic heterocycles. The van der Waals surface area contributed by atoms with Gasteiger partial charge in [0.05, 0.1) is 0 Å². The Bertz CT molecular complexity index is 254. The summed E-state index contributed by atoms with van der Waals surface area (Å²) in [6.07, 6.45) is 2.22.